The number of hydrogen-bond acceptors (Lipinski definition) is 5. The Morgan fingerprint density at radius 1 is 1.06 bits per heavy atom. The molecule has 1 unspecified atom stereocenters. The number of sulfonamides is 1. The molecule has 2 amide bonds. The van der Waals surface area contributed by atoms with E-state index < -0.39 is 33.8 Å². The number of benzene rings is 3. The van der Waals surface area contributed by atoms with Crippen LogP contribution in [0.4, 0.5) is 0 Å². The number of aromatic nitrogens is 1. The first-order chi connectivity index (χ1) is 16.2. The van der Waals surface area contributed by atoms with Crippen LogP contribution < -0.4 is 4.72 Å². The van der Waals surface area contributed by atoms with Crippen LogP contribution in [-0.4, -0.2) is 54.3 Å². The highest BCUT2D eigenvalue weighted by Gasteiger charge is 2.33. The van der Waals surface area contributed by atoms with Gasteiger partial charge in [0.05, 0.1) is 4.90 Å². The van der Waals surface area contributed by atoms with Crippen LogP contribution in [0.3, 0.4) is 0 Å². The van der Waals surface area contributed by atoms with E-state index in [1.54, 1.807) is 24.4 Å². The quantitative estimate of drug-likeness (QED) is 0.365. The van der Waals surface area contributed by atoms with Crippen molar-refractivity contribution in [3.63, 3.8) is 0 Å². The lowest BCUT2D eigenvalue weighted by atomic mass is 9.94. The average molecular weight is 477 g/mol. The molecule has 9 nitrogen and oxygen atoms in total. The van der Waals surface area contributed by atoms with Gasteiger partial charge in [-0.3, -0.25) is 19.3 Å². The molecule has 0 spiro atoms. The third-order valence-electron chi connectivity index (χ3n) is 6.03. The van der Waals surface area contributed by atoms with Gasteiger partial charge in [-0.15, -0.1) is 0 Å². The molecule has 1 aliphatic heterocycles. The van der Waals surface area contributed by atoms with Gasteiger partial charge in [0, 0.05) is 47.1 Å². The molecule has 0 aliphatic carbocycles. The van der Waals surface area contributed by atoms with Crippen molar-refractivity contribution >= 4 is 49.5 Å². The number of aliphatic carboxylic acids is 1. The van der Waals surface area contributed by atoms with Gasteiger partial charge in [-0.25, -0.2) is 8.42 Å². The lowest BCUT2D eigenvalue weighted by Crippen LogP contribution is -2.42. The Hall–Kier alpha value is -4.02. The Morgan fingerprint density at radius 2 is 1.79 bits per heavy atom. The molecule has 5 rings (SSSR count). The highest BCUT2D eigenvalue weighted by Crippen LogP contribution is 2.32. The molecule has 0 bridgehead atoms. The van der Waals surface area contributed by atoms with Crippen LogP contribution in [0, 0.1) is 0 Å². The molecule has 3 N–H and O–H groups in total. The third-order valence-corrected chi connectivity index (χ3v) is 7.48. The van der Waals surface area contributed by atoms with E-state index in [0.717, 1.165) is 15.8 Å². The van der Waals surface area contributed by atoms with Crippen molar-refractivity contribution in [2.24, 2.45) is 0 Å². The lowest BCUT2D eigenvalue weighted by Gasteiger charge is -2.24. The van der Waals surface area contributed by atoms with Crippen molar-refractivity contribution in [3.05, 3.63) is 77.5 Å². The SMILES string of the molecule is CN1C(=O)c2cccc3cc(S(=O)(=O)NC(Cc4c[nH]c5ccccc45)C(=O)O)cc(c23)C1=O. The summed E-state index contributed by atoms with van der Waals surface area (Å²) < 4.78 is 28.7. The van der Waals surface area contributed by atoms with Crippen molar-refractivity contribution in [3.8, 4) is 0 Å². The largest absolute Gasteiger partial charge is 0.480 e. The normalized spacial score (nSPS) is 14.7. The smallest absolute Gasteiger partial charge is 0.322 e. The van der Waals surface area contributed by atoms with Crippen LogP contribution in [0.2, 0.25) is 0 Å². The van der Waals surface area contributed by atoms with Gasteiger partial charge < -0.3 is 10.1 Å². The summed E-state index contributed by atoms with van der Waals surface area (Å²) in [5.41, 5.74) is 1.83. The van der Waals surface area contributed by atoms with Crippen LogP contribution >= 0.6 is 0 Å². The molecule has 0 radical (unpaired) electrons. The predicted octanol–water partition coefficient (Wildman–Crippen LogP) is 2.52. The number of carboxylic acids is 1. The second-order valence-electron chi connectivity index (χ2n) is 8.12. The monoisotopic (exact) mass is 477 g/mol. The van der Waals surface area contributed by atoms with Gasteiger partial charge in [0.15, 0.2) is 0 Å². The second-order valence-corrected chi connectivity index (χ2v) is 9.83. The highest BCUT2D eigenvalue weighted by molar-refractivity contribution is 7.89. The summed E-state index contributed by atoms with van der Waals surface area (Å²) in [4.78, 5) is 40.9. The molecule has 0 saturated heterocycles. The van der Waals surface area contributed by atoms with E-state index in [2.05, 4.69) is 9.71 Å². The first-order valence-electron chi connectivity index (χ1n) is 10.4. The number of hydrogen-bond donors (Lipinski definition) is 3. The van der Waals surface area contributed by atoms with E-state index in [9.17, 15) is 27.9 Å². The van der Waals surface area contributed by atoms with Crippen molar-refractivity contribution in [1.82, 2.24) is 14.6 Å². The van der Waals surface area contributed by atoms with Crippen LogP contribution in [0.15, 0.2) is 65.7 Å². The number of nitrogens with one attached hydrogen (secondary N) is 2. The summed E-state index contributed by atoms with van der Waals surface area (Å²) in [6.45, 7) is 0. The number of carbonyl (C=O) groups is 3. The number of amides is 2. The van der Waals surface area contributed by atoms with Crippen molar-refractivity contribution < 1.29 is 27.9 Å². The van der Waals surface area contributed by atoms with Gasteiger partial charge in [-0.05, 0) is 35.2 Å². The van der Waals surface area contributed by atoms with E-state index in [4.69, 9.17) is 0 Å². The molecular formula is C24H19N3O6S. The zero-order valence-electron chi connectivity index (χ0n) is 17.9. The molecule has 2 heterocycles. The Labute approximate surface area is 194 Å². The van der Waals surface area contributed by atoms with Gasteiger partial charge in [-0.2, -0.15) is 4.72 Å². The predicted molar refractivity (Wildman–Crippen MR) is 124 cm³/mol. The van der Waals surface area contributed by atoms with E-state index in [1.807, 2.05) is 24.3 Å². The number of imide groups is 1. The second kappa shape index (κ2) is 7.79. The minimum atomic E-state index is -4.32. The summed E-state index contributed by atoms with van der Waals surface area (Å²) in [6, 6.07) is 13.2. The van der Waals surface area contributed by atoms with Crippen LogP contribution in [-0.2, 0) is 21.2 Å². The molecule has 172 valence electrons. The first-order valence-corrected chi connectivity index (χ1v) is 11.8. The van der Waals surface area contributed by atoms with Crippen LogP contribution in [0.1, 0.15) is 26.3 Å². The summed E-state index contributed by atoms with van der Waals surface area (Å²) in [6.07, 6.45) is 1.57. The Kier molecular flexibility index (Phi) is 4.99. The molecule has 3 aromatic carbocycles. The van der Waals surface area contributed by atoms with E-state index in [-0.39, 0.29) is 16.9 Å². The number of carbonyl (C=O) groups excluding carboxylic acids is 2. The molecular weight excluding hydrogens is 458 g/mol. The number of fused-ring (bicyclic) bond motifs is 1. The minimum absolute atomic E-state index is 0.0686. The number of nitrogens with zero attached hydrogens (tertiary/aromatic N) is 1. The van der Waals surface area contributed by atoms with Crippen molar-refractivity contribution in [1.29, 1.82) is 0 Å². The Morgan fingerprint density at radius 3 is 2.56 bits per heavy atom. The minimum Gasteiger partial charge on any atom is -0.480 e. The number of aromatic amines is 1. The first kappa shape index (κ1) is 21.8. The number of carboxylic acid groups (broad SMARTS) is 1. The number of para-hydroxylation sites is 1. The maximum atomic E-state index is 13.2. The molecule has 1 aliphatic rings. The number of rotatable bonds is 6. The van der Waals surface area contributed by atoms with Gasteiger partial charge in [0.1, 0.15) is 6.04 Å². The summed E-state index contributed by atoms with van der Waals surface area (Å²) in [5.74, 6) is -2.43. The zero-order valence-corrected chi connectivity index (χ0v) is 18.7. The molecule has 0 saturated carbocycles. The van der Waals surface area contributed by atoms with Crippen LogP contribution in [0.25, 0.3) is 21.7 Å². The molecule has 34 heavy (non-hydrogen) atoms. The van der Waals surface area contributed by atoms with E-state index in [1.165, 1.54) is 19.2 Å². The van der Waals surface area contributed by atoms with E-state index >= 15 is 0 Å². The maximum absolute atomic E-state index is 13.2. The Bertz CT molecular complexity index is 1620. The Balaban J connectivity index is 1.54. The molecule has 1 atom stereocenters. The fourth-order valence-electron chi connectivity index (χ4n) is 4.31. The molecule has 1 aromatic heterocycles. The molecule has 10 heteroatoms. The fourth-order valence-corrected chi connectivity index (χ4v) is 5.56. The topological polar surface area (TPSA) is 137 Å². The van der Waals surface area contributed by atoms with Gasteiger partial charge >= 0.3 is 5.97 Å². The fraction of sp³-hybridized carbons (Fsp3) is 0.125. The maximum Gasteiger partial charge on any atom is 0.322 e. The lowest BCUT2D eigenvalue weighted by molar-refractivity contribution is -0.138. The zero-order chi connectivity index (χ0) is 24.2. The van der Waals surface area contributed by atoms with E-state index in [0.29, 0.717) is 21.9 Å². The van der Waals surface area contributed by atoms with Gasteiger partial charge in [0.25, 0.3) is 11.8 Å². The summed E-state index contributed by atoms with van der Waals surface area (Å²) >= 11 is 0. The number of H-pyrrole nitrogens is 1. The highest BCUT2D eigenvalue weighted by atomic mass is 32.2. The summed E-state index contributed by atoms with van der Waals surface area (Å²) in [7, 11) is -3.00. The van der Waals surface area contributed by atoms with Gasteiger partial charge in [-0.1, -0.05) is 30.3 Å². The average Bonchev–Trinajstić information content (AvgIpc) is 3.23. The van der Waals surface area contributed by atoms with Crippen molar-refractivity contribution in [2.45, 2.75) is 17.4 Å². The van der Waals surface area contributed by atoms with Gasteiger partial charge in [0.2, 0.25) is 10.0 Å². The molecule has 4 aromatic rings. The third kappa shape index (κ3) is 3.44. The van der Waals surface area contributed by atoms with Crippen LogP contribution in [0.5, 0.6) is 0 Å². The standard InChI is InChI=1S/C24H19N3O6S/c1-27-22(28)17-7-4-5-13-9-15(11-18(21(13)17)23(27)29)34(32,33)26-20(24(30)31)10-14-12-25-19-8-3-2-6-16(14)19/h2-9,11-12,20,25-26H,10H2,1H3,(H,30,31). The summed E-state index contributed by atoms with van der Waals surface area (Å²) in [5, 5.41) is 11.3. The molecule has 0 fully saturated rings. The van der Waals surface area contributed by atoms with Crippen molar-refractivity contribution in [2.75, 3.05) is 7.05 Å².